The molecular weight excluding hydrogens is 388 g/mol. The van der Waals surface area contributed by atoms with Gasteiger partial charge in [0.05, 0.1) is 34.4 Å². The molecule has 0 aliphatic rings. The van der Waals surface area contributed by atoms with Crippen molar-refractivity contribution in [3.8, 4) is 5.75 Å². The molecule has 142 valence electrons. The molecule has 0 saturated heterocycles. The van der Waals surface area contributed by atoms with E-state index < -0.39 is 16.0 Å². The Kier molecular flexibility index (Phi) is 5.33. The number of rotatable bonds is 5. The van der Waals surface area contributed by atoms with Crippen LogP contribution in [0.4, 0.5) is 0 Å². The molecule has 0 N–H and O–H groups in total. The standard InChI is InChI=1S/C18H18N2O5S2/c1-4-25-17(21)12-5-10-15-16(11-12)26-18(20(15)2)19-27(22,23)14-8-6-13(24-3)7-9-14/h5-11H,4H2,1-3H3. The van der Waals surface area contributed by atoms with Gasteiger partial charge in [-0.25, -0.2) is 4.79 Å². The van der Waals surface area contributed by atoms with Gasteiger partial charge in [0.15, 0.2) is 0 Å². The molecule has 0 aliphatic carbocycles. The lowest BCUT2D eigenvalue weighted by Gasteiger charge is -2.02. The Morgan fingerprint density at radius 1 is 1.19 bits per heavy atom. The molecule has 0 fully saturated rings. The number of thiazole rings is 1. The Labute approximate surface area is 160 Å². The summed E-state index contributed by atoms with van der Waals surface area (Å²) in [5.74, 6) is 0.146. The number of esters is 1. The van der Waals surface area contributed by atoms with Gasteiger partial charge in [0.25, 0.3) is 10.0 Å². The van der Waals surface area contributed by atoms with Crippen LogP contribution in [-0.2, 0) is 21.8 Å². The van der Waals surface area contributed by atoms with E-state index in [1.165, 1.54) is 30.6 Å². The van der Waals surface area contributed by atoms with Crippen molar-refractivity contribution in [1.82, 2.24) is 4.57 Å². The number of nitrogens with zero attached hydrogens (tertiary/aromatic N) is 2. The number of hydrogen-bond acceptors (Lipinski definition) is 6. The summed E-state index contributed by atoms with van der Waals surface area (Å²) in [4.78, 5) is 12.3. The number of methoxy groups -OCH3 is 1. The molecule has 3 aromatic rings. The van der Waals surface area contributed by atoms with Crippen molar-refractivity contribution in [3.05, 3.63) is 52.8 Å². The maximum absolute atomic E-state index is 12.6. The van der Waals surface area contributed by atoms with E-state index >= 15 is 0 Å². The molecule has 9 heteroatoms. The number of benzene rings is 2. The first-order valence-electron chi connectivity index (χ1n) is 8.07. The van der Waals surface area contributed by atoms with E-state index in [1.54, 1.807) is 48.9 Å². The summed E-state index contributed by atoms with van der Waals surface area (Å²) < 4.78 is 41.6. The van der Waals surface area contributed by atoms with Crippen LogP contribution in [0.15, 0.2) is 51.8 Å². The van der Waals surface area contributed by atoms with Crippen LogP contribution in [0, 0.1) is 0 Å². The monoisotopic (exact) mass is 406 g/mol. The lowest BCUT2D eigenvalue weighted by atomic mass is 10.2. The third-order valence-electron chi connectivity index (χ3n) is 3.88. The van der Waals surface area contributed by atoms with Crippen LogP contribution in [0.25, 0.3) is 10.2 Å². The van der Waals surface area contributed by atoms with Crippen LogP contribution in [0.3, 0.4) is 0 Å². The lowest BCUT2D eigenvalue weighted by molar-refractivity contribution is 0.0526. The quantitative estimate of drug-likeness (QED) is 0.608. The van der Waals surface area contributed by atoms with Crippen molar-refractivity contribution in [3.63, 3.8) is 0 Å². The Bertz CT molecular complexity index is 1160. The fourth-order valence-electron chi connectivity index (χ4n) is 2.47. The number of carbonyl (C=O) groups is 1. The van der Waals surface area contributed by atoms with Crippen LogP contribution < -0.4 is 9.54 Å². The van der Waals surface area contributed by atoms with Crippen molar-refractivity contribution in [1.29, 1.82) is 0 Å². The highest BCUT2D eigenvalue weighted by atomic mass is 32.2. The van der Waals surface area contributed by atoms with Gasteiger partial charge in [-0.2, -0.15) is 8.42 Å². The molecule has 1 heterocycles. The average Bonchev–Trinajstić information content (AvgIpc) is 2.96. The van der Waals surface area contributed by atoms with Crippen molar-refractivity contribution in [2.75, 3.05) is 13.7 Å². The molecule has 0 saturated carbocycles. The second-order valence-corrected chi connectivity index (χ2v) is 8.20. The van der Waals surface area contributed by atoms with Gasteiger partial charge in [-0.15, -0.1) is 4.40 Å². The summed E-state index contributed by atoms with van der Waals surface area (Å²) in [5.41, 5.74) is 1.19. The van der Waals surface area contributed by atoms with Gasteiger partial charge in [-0.3, -0.25) is 0 Å². The topological polar surface area (TPSA) is 87.0 Å². The first kappa shape index (κ1) is 19.1. The van der Waals surface area contributed by atoms with E-state index in [4.69, 9.17) is 9.47 Å². The molecule has 3 rings (SSSR count). The van der Waals surface area contributed by atoms with E-state index in [0.717, 1.165) is 10.2 Å². The molecule has 2 aromatic carbocycles. The molecule has 0 unspecified atom stereocenters. The van der Waals surface area contributed by atoms with Crippen molar-refractivity contribution in [2.24, 2.45) is 11.4 Å². The highest BCUT2D eigenvalue weighted by Crippen LogP contribution is 2.21. The first-order chi connectivity index (χ1) is 12.9. The third kappa shape index (κ3) is 3.88. The van der Waals surface area contributed by atoms with E-state index in [-0.39, 0.29) is 11.5 Å². The van der Waals surface area contributed by atoms with Crippen LogP contribution in [0.5, 0.6) is 5.75 Å². The van der Waals surface area contributed by atoms with Gasteiger partial charge >= 0.3 is 5.97 Å². The van der Waals surface area contributed by atoms with Gasteiger partial charge in [-0.1, -0.05) is 11.3 Å². The maximum Gasteiger partial charge on any atom is 0.338 e. The summed E-state index contributed by atoms with van der Waals surface area (Å²) >= 11 is 1.19. The molecule has 0 bridgehead atoms. The van der Waals surface area contributed by atoms with Gasteiger partial charge < -0.3 is 14.0 Å². The Hall–Kier alpha value is -2.65. The molecule has 1 aromatic heterocycles. The molecule has 0 radical (unpaired) electrons. The number of aromatic nitrogens is 1. The number of aryl methyl sites for hydroxylation is 1. The van der Waals surface area contributed by atoms with Gasteiger partial charge in [0.2, 0.25) is 4.80 Å². The normalized spacial score (nSPS) is 12.3. The zero-order valence-corrected chi connectivity index (χ0v) is 16.6. The summed E-state index contributed by atoms with van der Waals surface area (Å²) in [6.45, 7) is 2.03. The van der Waals surface area contributed by atoms with Crippen molar-refractivity contribution < 1.29 is 22.7 Å². The Morgan fingerprint density at radius 3 is 2.52 bits per heavy atom. The van der Waals surface area contributed by atoms with Crippen LogP contribution in [-0.4, -0.2) is 32.7 Å². The van der Waals surface area contributed by atoms with Crippen LogP contribution >= 0.6 is 11.3 Å². The minimum atomic E-state index is -3.88. The van der Waals surface area contributed by atoms with E-state index in [9.17, 15) is 13.2 Å². The molecule has 0 amide bonds. The largest absolute Gasteiger partial charge is 0.497 e. The molecule has 27 heavy (non-hydrogen) atoms. The minimum Gasteiger partial charge on any atom is -0.497 e. The summed E-state index contributed by atoms with van der Waals surface area (Å²) in [5, 5.41) is 0. The second kappa shape index (κ2) is 7.53. The lowest BCUT2D eigenvalue weighted by Crippen LogP contribution is -2.13. The molecular formula is C18H18N2O5S2. The van der Waals surface area contributed by atoms with E-state index in [1.807, 2.05) is 0 Å². The van der Waals surface area contributed by atoms with Crippen molar-refractivity contribution in [2.45, 2.75) is 11.8 Å². The molecule has 0 spiro atoms. The number of sulfonamides is 1. The minimum absolute atomic E-state index is 0.0768. The third-order valence-corrected chi connectivity index (χ3v) is 6.37. The predicted molar refractivity (Wildman–Crippen MR) is 102 cm³/mol. The maximum atomic E-state index is 12.6. The zero-order valence-electron chi connectivity index (χ0n) is 15.0. The Morgan fingerprint density at radius 2 is 1.89 bits per heavy atom. The highest BCUT2D eigenvalue weighted by Gasteiger charge is 2.15. The number of carbonyl (C=O) groups excluding carboxylic acids is 1. The number of hydrogen-bond donors (Lipinski definition) is 0. The van der Waals surface area contributed by atoms with Gasteiger partial charge in [0, 0.05) is 7.05 Å². The Balaban J connectivity index is 2.07. The molecule has 7 nitrogen and oxygen atoms in total. The van der Waals surface area contributed by atoms with Gasteiger partial charge in [0.1, 0.15) is 5.75 Å². The van der Waals surface area contributed by atoms with Gasteiger partial charge in [-0.05, 0) is 49.4 Å². The summed E-state index contributed by atoms with van der Waals surface area (Å²) in [6, 6.07) is 11.1. The average molecular weight is 406 g/mol. The van der Waals surface area contributed by atoms with Crippen LogP contribution in [0.1, 0.15) is 17.3 Å². The van der Waals surface area contributed by atoms with E-state index in [0.29, 0.717) is 16.1 Å². The predicted octanol–water partition coefficient (Wildman–Crippen LogP) is 2.71. The highest BCUT2D eigenvalue weighted by molar-refractivity contribution is 7.90. The second-order valence-electron chi connectivity index (χ2n) is 5.59. The molecule has 0 atom stereocenters. The zero-order chi connectivity index (χ0) is 19.6. The SMILES string of the molecule is CCOC(=O)c1ccc2c(c1)sc(=NS(=O)(=O)c1ccc(OC)cc1)n2C. The first-order valence-corrected chi connectivity index (χ1v) is 10.3. The fraction of sp³-hybridized carbons (Fsp3) is 0.222. The molecule has 0 aliphatic heterocycles. The fourth-order valence-corrected chi connectivity index (χ4v) is 4.75. The summed E-state index contributed by atoms with van der Waals surface area (Å²) in [6.07, 6.45) is 0. The van der Waals surface area contributed by atoms with Crippen molar-refractivity contribution >= 4 is 37.5 Å². The number of ether oxygens (including phenoxy) is 2. The van der Waals surface area contributed by atoms with Crippen LogP contribution in [0.2, 0.25) is 0 Å². The number of fused-ring (bicyclic) bond motifs is 1. The smallest absolute Gasteiger partial charge is 0.338 e. The summed E-state index contributed by atoms with van der Waals surface area (Å²) in [7, 11) is -0.639. The van der Waals surface area contributed by atoms with E-state index in [2.05, 4.69) is 4.40 Å².